The second-order valence-electron chi connectivity index (χ2n) is 4.91. The van der Waals surface area contributed by atoms with Crippen molar-refractivity contribution in [3.63, 3.8) is 0 Å². The van der Waals surface area contributed by atoms with Crippen molar-refractivity contribution in [1.82, 2.24) is 5.32 Å². The molecule has 2 rings (SSSR count). The molecule has 1 saturated heterocycles. The van der Waals surface area contributed by atoms with Gasteiger partial charge in [0, 0.05) is 12.5 Å². The van der Waals surface area contributed by atoms with Crippen LogP contribution in [0, 0.1) is 0 Å². The summed E-state index contributed by atoms with van der Waals surface area (Å²) >= 11 is 0. The van der Waals surface area contributed by atoms with Crippen molar-refractivity contribution < 1.29 is 31.1 Å². The summed E-state index contributed by atoms with van der Waals surface area (Å²) in [5, 5.41) is 2.54. The molecule has 1 aliphatic rings. The summed E-state index contributed by atoms with van der Waals surface area (Å²) in [4.78, 5) is 11.0. The van der Waals surface area contributed by atoms with Gasteiger partial charge in [-0.05, 0) is 30.2 Å². The van der Waals surface area contributed by atoms with Crippen LogP contribution in [-0.4, -0.2) is 11.9 Å². The van der Waals surface area contributed by atoms with Gasteiger partial charge >= 0.3 is 12.4 Å². The molecule has 1 N–H and O–H groups in total. The average Bonchev–Trinajstić information content (AvgIpc) is 2.80. The number of carbonyl (C=O) groups excluding carboxylic acids is 1. The fourth-order valence-electron chi connectivity index (χ4n) is 2.08. The van der Waals surface area contributed by atoms with Crippen LogP contribution in [0.1, 0.15) is 29.5 Å². The Bertz CT molecular complexity index is 570. The van der Waals surface area contributed by atoms with Crippen molar-refractivity contribution in [3.05, 3.63) is 41.0 Å². The van der Waals surface area contributed by atoms with Crippen molar-refractivity contribution in [3.8, 4) is 0 Å². The maximum absolute atomic E-state index is 12.7. The van der Waals surface area contributed by atoms with Gasteiger partial charge in [-0.2, -0.15) is 26.3 Å². The molecule has 1 aromatic rings. The van der Waals surface area contributed by atoms with Crippen molar-refractivity contribution in [2.75, 3.05) is 0 Å². The molecule has 0 spiro atoms. The highest BCUT2D eigenvalue weighted by molar-refractivity contribution is 5.79. The van der Waals surface area contributed by atoms with E-state index in [4.69, 9.17) is 0 Å². The molecule has 0 saturated carbocycles. The average molecular weight is 323 g/mol. The summed E-state index contributed by atoms with van der Waals surface area (Å²) in [6.45, 7) is 0. The molecule has 1 aromatic carbocycles. The molecule has 1 aliphatic heterocycles. The lowest BCUT2D eigenvalue weighted by Crippen LogP contribution is -2.22. The molecule has 2 nitrogen and oxygen atoms in total. The Morgan fingerprint density at radius 3 is 1.95 bits per heavy atom. The largest absolute Gasteiger partial charge is 0.416 e. The minimum atomic E-state index is -4.87. The van der Waals surface area contributed by atoms with Gasteiger partial charge in [-0.25, -0.2) is 0 Å². The smallest absolute Gasteiger partial charge is 0.350 e. The first-order chi connectivity index (χ1) is 10.1. The predicted octanol–water partition coefficient (Wildman–Crippen LogP) is 4.02. The van der Waals surface area contributed by atoms with Gasteiger partial charge in [0.1, 0.15) is 0 Å². The minimum Gasteiger partial charge on any atom is -0.350 e. The zero-order valence-electron chi connectivity index (χ0n) is 11.1. The zero-order chi connectivity index (χ0) is 16.5. The molecule has 0 bridgehead atoms. The third-order valence-corrected chi connectivity index (χ3v) is 3.16. The first-order valence-electron chi connectivity index (χ1n) is 6.33. The molecule has 1 amide bonds. The van der Waals surface area contributed by atoms with Gasteiger partial charge in [0.05, 0.1) is 11.1 Å². The van der Waals surface area contributed by atoms with E-state index in [1.165, 1.54) is 6.08 Å². The van der Waals surface area contributed by atoms with Crippen LogP contribution in [0.15, 0.2) is 24.3 Å². The predicted molar refractivity (Wildman–Crippen MR) is 66.6 cm³/mol. The summed E-state index contributed by atoms with van der Waals surface area (Å²) in [7, 11) is 0. The number of hydrogen-bond donors (Lipinski definition) is 1. The Kier molecular flexibility index (Phi) is 4.21. The van der Waals surface area contributed by atoms with E-state index < -0.39 is 23.5 Å². The van der Waals surface area contributed by atoms with Crippen LogP contribution in [-0.2, 0) is 17.1 Å². The quantitative estimate of drug-likeness (QED) is 0.819. The zero-order valence-corrected chi connectivity index (χ0v) is 11.1. The fraction of sp³-hybridized carbons (Fsp3) is 0.357. The highest BCUT2D eigenvalue weighted by Crippen LogP contribution is 2.36. The molecule has 0 unspecified atom stereocenters. The third-order valence-electron chi connectivity index (χ3n) is 3.16. The Morgan fingerprint density at radius 2 is 1.55 bits per heavy atom. The molecule has 1 atom stereocenters. The van der Waals surface area contributed by atoms with E-state index in [2.05, 4.69) is 5.32 Å². The topological polar surface area (TPSA) is 29.1 Å². The molecule has 22 heavy (non-hydrogen) atoms. The molecule has 8 heteroatoms. The molecule has 0 radical (unpaired) electrons. The number of hydrogen-bond acceptors (Lipinski definition) is 1. The number of nitrogens with one attached hydrogen (secondary N) is 1. The van der Waals surface area contributed by atoms with Crippen LogP contribution >= 0.6 is 0 Å². The van der Waals surface area contributed by atoms with Gasteiger partial charge in [-0.15, -0.1) is 0 Å². The van der Waals surface area contributed by atoms with Gasteiger partial charge in [0.25, 0.3) is 0 Å². The lowest BCUT2D eigenvalue weighted by Gasteiger charge is -2.13. The minimum absolute atomic E-state index is 0.0781. The van der Waals surface area contributed by atoms with Gasteiger partial charge < -0.3 is 5.32 Å². The van der Waals surface area contributed by atoms with Crippen molar-refractivity contribution in [2.24, 2.45) is 0 Å². The van der Waals surface area contributed by atoms with Gasteiger partial charge in [0.2, 0.25) is 5.91 Å². The van der Waals surface area contributed by atoms with Gasteiger partial charge in [-0.1, -0.05) is 12.2 Å². The monoisotopic (exact) mass is 323 g/mol. The Hall–Kier alpha value is -1.99. The van der Waals surface area contributed by atoms with Gasteiger partial charge in [0.15, 0.2) is 0 Å². The van der Waals surface area contributed by atoms with Crippen LogP contribution in [0.3, 0.4) is 0 Å². The van der Waals surface area contributed by atoms with E-state index in [-0.39, 0.29) is 30.0 Å². The van der Waals surface area contributed by atoms with E-state index in [1.54, 1.807) is 0 Å². The lowest BCUT2D eigenvalue weighted by molar-refractivity contribution is -0.143. The molecule has 1 fully saturated rings. The van der Waals surface area contributed by atoms with Crippen LogP contribution in [0.5, 0.6) is 0 Å². The number of carbonyl (C=O) groups is 1. The fourth-order valence-corrected chi connectivity index (χ4v) is 2.08. The molecule has 0 aliphatic carbocycles. The first-order valence-corrected chi connectivity index (χ1v) is 6.33. The summed E-state index contributed by atoms with van der Waals surface area (Å²) in [6, 6.07) is 0.982. The van der Waals surface area contributed by atoms with Crippen molar-refractivity contribution in [1.29, 1.82) is 0 Å². The summed E-state index contributed by atoms with van der Waals surface area (Å²) in [6.07, 6.45) is -6.45. The molecule has 120 valence electrons. The van der Waals surface area contributed by atoms with E-state index in [9.17, 15) is 31.1 Å². The Morgan fingerprint density at radius 1 is 1.00 bits per heavy atom. The second kappa shape index (κ2) is 5.66. The van der Waals surface area contributed by atoms with Crippen molar-refractivity contribution >= 4 is 12.0 Å². The van der Waals surface area contributed by atoms with Crippen LogP contribution in [0.25, 0.3) is 6.08 Å². The SMILES string of the molecule is O=C1CC[C@H](/C=C/c2cc(C(F)(F)F)cc(C(F)(F)F)c2)N1. The number of alkyl halides is 6. The summed E-state index contributed by atoms with van der Waals surface area (Å²) < 4.78 is 76.1. The van der Waals surface area contributed by atoms with E-state index in [0.717, 1.165) is 6.08 Å². The normalized spacial score (nSPS) is 19.7. The molecular weight excluding hydrogens is 312 g/mol. The highest BCUT2D eigenvalue weighted by atomic mass is 19.4. The molecule has 1 heterocycles. The Balaban J connectivity index is 2.34. The van der Waals surface area contributed by atoms with E-state index in [1.807, 2.05) is 0 Å². The van der Waals surface area contributed by atoms with Crippen LogP contribution in [0.2, 0.25) is 0 Å². The standard InChI is InChI=1S/C14H11F6NO/c15-13(16,17)9-5-8(6-10(7-9)14(18,19)20)1-2-11-3-4-12(22)21-11/h1-2,5-7,11H,3-4H2,(H,21,22)/b2-1+/t11-/m0/s1. The Labute approximate surface area is 121 Å². The molecular formula is C14H11F6NO. The number of rotatable bonds is 2. The highest BCUT2D eigenvalue weighted by Gasteiger charge is 2.36. The van der Waals surface area contributed by atoms with Crippen molar-refractivity contribution in [2.45, 2.75) is 31.2 Å². The van der Waals surface area contributed by atoms with E-state index >= 15 is 0 Å². The lowest BCUT2D eigenvalue weighted by atomic mass is 10.0. The summed E-state index contributed by atoms with van der Waals surface area (Å²) in [5.41, 5.74) is -2.95. The maximum Gasteiger partial charge on any atom is 0.416 e. The number of amides is 1. The number of benzene rings is 1. The van der Waals surface area contributed by atoms with Gasteiger partial charge in [-0.3, -0.25) is 4.79 Å². The maximum atomic E-state index is 12.7. The summed E-state index contributed by atoms with van der Waals surface area (Å²) in [5.74, 6) is -0.199. The van der Waals surface area contributed by atoms with Crippen LogP contribution < -0.4 is 5.32 Å². The molecule has 0 aromatic heterocycles. The third kappa shape index (κ3) is 4.02. The first kappa shape index (κ1) is 16.4. The van der Waals surface area contributed by atoms with Crippen LogP contribution in [0.4, 0.5) is 26.3 Å². The van der Waals surface area contributed by atoms with E-state index in [0.29, 0.717) is 18.6 Å². The second-order valence-corrected chi connectivity index (χ2v) is 4.91. The number of halogens is 6.